The summed E-state index contributed by atoms with van der Waals surface area (Å²) in [5.74, 6) is -1.49. The molecule has 176 valence electrons. The van der Waals surface area contributed by atoms with E-state index in [4.69, 9.17) is 21.9 Å². The fourth-order valence-electron chi connectivity index (χ4n) is 3.48. The second-order valence-electron chi connectivity index (χ2n) is 7.29. The van der Waals surface area contributed by atoms with Gasteiger partial charge in [0.1, 0.15) is 11.5 Å². The lowest BCUT2D eigenvalue weighted by molar-refractivity contribution is -0.142. The highest BCUT2D eigenvalue weighted by molar-refractivity contribution is 6.34. The summed E-state index contributed by atoms with van der Waals surface area (Å²) in [6.07, 6.45) is 0.826. The van der Waals surface area contributed by atoms with Crippen LogP contribution in [0, 0.1) is 0 Å². The first kappa shape index (κ1) is 24.7. The first-order valence-corrected chi connectivity index (χ1v) is 10.1. The molecular formula is C22H20ClF5N4O. The minimum absolute atomic E-state index is 0.0543. The number of aromatic nitrogens is 3. The summed E-state index contributed by atoms with van der Waals surface area (Å²) in [6.45, 7) is 3.94. The van der Waals surface area contributed by atoms with Gasteiger partial charge in [-0.15, -0.1) is 0 Å². The Morgan fingerprint density at radius 2 is 2.03 bits per heavy atom. The molecule has 0 bridgehead atoms. The summed E-state index contributed by atoms with van der Waals surface area (Å²) in [6, 6.07) is 0. The van der Waals surface area contributed by atoms with Crippen LogP contribution in [-0.4, -0.2) is 14.9 Å². The zero-order valence-electron chi connectivity index (χ0n) is 17.9. The van der Waals surface area contributed by atoms with Gasteiger partial charge < -0.3 is 10.3 Å². The normalized spacial score (nSPS) is 16.2. The quantitative estimate of drug-likeness (QED) is 0.368. The van der Waals surface area contributed by atoms with Crippen LogP contribution in [0.5, 0.6) is 0 Å². The molecule has 11 heteroatoms. The third-order valence-corrected chi connectivity index (χ3v) is 5.16. The maximum Gasteiger partial charge on any atom is 0.434 e. The summed E-state index contributed by atoms with van der Waals surface area (Å²) in [5, 5.41) is 7.84. The first-order chi connectivity index (χ1) is 15.5. The van der Waals surface area contributed by atoms with Gasteiger partial charge in [0.05, 0.1) is 23.3 Å². The third-order valence-electron chi connectivity index (χ3n) is 4.82. The van der Waals surface area contributed by atoms with Crippen molar-refractivity contribution in [3.8, 4) is 11.3 Å². The van der Waals surface area contributed by atoms with E-state index in [0.717, 1.165) is 19.2 Å². The molecule has 0 radical (unpaired) electrons. The minimum Gasteiger partial charge on any atom is -0.355 e. The number of rotatable bonds is 5. The van der Waals surface area contributed by atoms with Crippen molar-refractivity contribution in [1.82, 2.24) is 14.9 Å². The lowest BCUT2D eigenvalue weighted by Crippen LogP contribution is -2.15. The van der Waals surface area contributed by atoms with E-state index in [9.17, 15) is 22.0 Å². The van der Waals surface area contributed by atoms with Gasteiger partial charge in [0, 0.05) is 29.1 Å². The predicted octanol–water partition coefficient (Wildman–Crippen LogP) is 6.90. The van der Waals surface area contributed by atoms with Gasteiger partial charge in [-0.05, 0) is 44.6 Å². The number of allylic oxidation sites excluding steroid dienone is 10. The van der Waals surface area contributed by atoms with Crippen LogP contribution in [0.25, 0.3) is 22.6 Å². The topological polar surface area (TPSA) is 69.9 Å². The van der Waals surface area contributed by atoms with Crippen molar-refractivity contribution in [2.75, 3.05) is 0 Å². The summed E-state index contributed by atoms with van der Waals surface area (Å²) in [4.78, 5) is 0. The molecule has 0 aliphatic heterocycles. The Morgan fingerprint density at radius 3 is 2.61 bits per heavy atom. The van der Waals surface area contributed by atoms with Gasteiger partial charge in [-0.2, -0.15) is 18.3 Å². The van der Waals surface area contributed by atoms with Crippen LogP contribution >= 0.6 is 11.6 Å². The molecule has 0 saturated carbocycles. The van der Waals surface area contributed by atoms with Crippen molar-refractivity contribution in [2.45, 2.75) is 39.9 Å². The Hall–Kier alpha value is -2.98. The van der Waals surface area contributed by atoms with Crippen LogP contribution in [0.4, 0.5) is 22.0 Å². The Balaban J connectivity index is 2.24. The minimum atomic E-state index is -4.88. The van der Waals surface area contributed by atoms with E-state index in [0.29, 0.717) is 10.3 Å². The van der Waals surface area contributed by atoms with Gasteiger partial charge in [-0.3, -0.25) is 0 Å². The number of halogens is 6. The fourth-order valence-corrected chi connectivity index (χ4v) is 3.81. The van der Waals surface area contributed by atoms with E-state index in [1.165, 1.54) is 25.2 Å². The van der Waals surface area contributed by atoms with Gasteiger partial charge in [-0.1, -0.05) is 22.8 Å². The highest BCUT2D eigenvalue weighted by atomic mass is 35.5. The summed E-state index contributed by atoms with van der Waals surface area (Å²) in [5.41, 5.74) is 5.00. The predicted molar refractivity (Wildman–Crippen MR) is 116 cm³/mol. The largest absolute Gasteiger partial charge is 0.434 e. The van der Waals surface area contributed by atoms with E-state index in [-0.39, 0.29) is 46.3 Å². The zero-order valence-corrected chi connectivity index (χ0v) is 18.7. The molecule has 2 heterocycles. The fraction of sp³-hybridized carbons (Fsp3) is 0.273. The third kappa shape index (κ3) is 5.01. The van der Waals surface area contributed by atoms with Gasteiger partial charge in [-0.25, -0.2) is 13.5 Å². The summed E-state index contributed by atoms with van der Waals surface area (Å²) < 4.78 is 75.8. The van der Waals surface area contributed by atoms with Crippen molar-refractivity contribution in [1.29, 1.82) is 0 Å². The van der Waals surface area contributed by atoms with Crippen molar-refractivity contribution in [2.24, 2.45) is 5.73 Å². The van der Waals surface area contributed by atoms with Crippen LogP contribution in [0.1, 0.15) is 44.1 Å². The average Bonchev–Trinajstić information content (AvgIpc) is 3.30. The highest BCUT2D eigenvalue weighted by Gasteiger charge is 2.41. The molecule has 5 nitrogen and oxygen atoms in total. The highest BCUT2D eigenvalue weighted by Crippen LogP contribution is 2.42. The Bertz CT molecular complexity index is 1220. The van der Waals surface area contributed by atoms with Crippen LogP contribution < -0.4 is 5.73 Å². The molecule has 2 aromatic rings. The van der Waals surface area contributed by atoms with E-state index in [1.54, 1.807) is 6.92 Å². The van der Waals surface area contributed by atoms with Crippen LogP contribution in [-0.2, 0) is 12.7 Å². The Morgan fingerprint density at radius 1 is 1.33 bits per heavy atom. The molecular weight excluding hydrogens is 467 g/mol. The first-order valence-electron chi connectivity index (χ1n) is 9.76. The smallest absolute Gasteiger partial charge is 0.355 e. The molecule has 0 amide bonds. The standard InChI is InChI=1S/C22H20ClF5N4O/c1-4-14(7-12(3)24)32-21(22(26,27)28)17(10-30-32)20-16(9-29)19(31-33-20)15-8-13(25)5-11(2)6-18(15)23/h4-7,10H,8-9,29H2,1-3H3/b12-7+,14-4+. The SMILES string of the molecule is C/C=C(\C=C(/C)F)n1ncc(-c2onc(C3=C(Cl)C=C(C)C=C(F)C3)c2CN)c1C(F)(F)F. The van der Waals surface area contributed by atoms with E-state index in [1.807, 2.05) is 0 Å². The van der Waals surface area contributed by atoms with Crippen molar-refractivity contribution >= 4 is 22.9 Å². The van der Waals surface area contributed by atoms with Crippen LogP contribution in [0.3, 0.4) is 0 Å². The molecule has 1 aliphatic carbocycles. The number of nitrogens with two attached hydrogens (primary N) is 1. The molecule has 0 saturated heterocycles. The van der Waals surface area contributed by atoms with Crippen LogP contribution in [0.15, 0.2) is 57.3 Å². The van der Waals surface area contributed by atoms with Crippen molar-refractivity contribution in [3.63, 3.8) is 0 Å². The maximum absolute atomic E-state index is 14.3. The zero-order chi connectivity index (χ0) is 24.5. The molecule has 2 N–H and O–H groups in total. The molecule has 1 aliphatic rings. The molecule has 33 heavy (non-hydrogen) atoms. The molecule has 3 rings (SSSR count). The average molecular weight is 487 g/mol. The van der Waals surface area contributed by atoms with E-state index in [2.05, 4.69) is 10.3 Å². The van der Waals surface area contributed by atoms with Gasteiger partial charge in [0.2, 0.25) is 0 Å². The molecule has 2 aromatic heterocycles. The summed E-state index contributed by atoms with van der Waals surface area (Å²) >= 11 is 6.32. The number of hydrogen-bond donors (Lipinski definition) is 1. The maximum atomic E-state index is 14.3. The molecule has 0 fully saturated rings. The van der Waals surface area contributed by atoms with Crippen molar-refractivity contribution in [3.05, 3.63) is 69.7 Å². The molecule has 0 spiro atoms. The van der Waals surface area contributed by atoms with E-state index < -0.39 is 29.1 Å². The monoisotopic (exact) mass is 486 g/mol. The number of alkyl halides is 3. The molecule has 0 unspecified atom stereocenters. The van der Waals surface area contributed by atoms with E-state index >= 15 is 0 Å². The number of hydrogen-bond acceptors (Lipinski definition) is 4. The van der Waals surface area contributed by atoms with Gasteiger partial charge in [0.25, 0.3) is 0 Å². The Labute approximate surface area is 191 Å². The molecule has 0 atom stereocenters. The molecule has 0 aromatic carbocycles. The second-order valence-corrected chi connectivity index (χ2v) is 7.69. The Kier molecular flexibility index (Phi) is 7.08. The van der Waals surface area contributed by atoms with Crippen molar-refractivity contribution < 1.29 is 26.5 Å². The summed E-state index contributed by atoms with van der Waals surface area (Å²) in [7, 11) is 0. The van der Waals surface area contributed by atoms with Crippen LogP contribution in [0.2, 0.25) is 0 Å². The lowest BCUT2D eigenvalue weighted by Gasteiger charge is -2.13. The second kappa shape index (κ2) is 9.48. The van der Waals surface area contributed by atoms with Gasteiger partial charge >= 0.3 is 6.18 Å². The lowest BCUT2D eigenvalue weighted by atomic mass is 10.00. The van der Waals surface area contributed by atoms with Gasteiger partial charge in [0.15, 0.2) is 11.5 Å². The number of nitrogens with zero attached hydrogens (tertiary/aromatic N) is 3.